The molecule has 0 bridgehead atoms. The second-order valence-electron chi connectivity index (χ2n) is 4.63. The molecule has 4 unspecified atom stereocenters. The molecule has 0 aromatic rings. The van der Waals surface area contributed by atoms with Gasteiger partial charge in [-0.1, -0.05) is 60.8 Å². The van der Waals surface area contributed by atoms with E-state index in [2.05, 4.69) is 66.1 Å². The van der Waals surface area contributed by atoms with E-state index in [0.29, 0.717) is 23.8 Å². The number of allylic oxidation sites excluding steroid dienone is 7. The topological polar surface area (TPSA) is 12.0 Å². The fourth-order valence-corrected chi connectivity index (χ4v) is 2.84. The van der Waals surface area contributed by atoms with Crippen molar-refractivity contribution in [3.8, 4) is 0 Å². The standard InChI is InChI=1S/C15H17N/c1-2-8-13-12(6-1)7-5-11-16-15-10-4-3-9-14(13)15/h1-10,12-16H,11H2/b7-5-. The van der Waals surface area contributed by atoms with Crippen molar-refractivity contribution in [3.05, 3.63) is 60.8 Å². The number of nitrogens with one attached hydrogen (secondary N) is 1. The van der Waals surface area contributed by atoms with Gasteiger partial charge in [0.1, 0.15) is 0 Å². The third kappa shape index (κ3) is 1.72. The van der Waals surface area contributed by atoms with Gasteiger partial charge in [-0.3, -0.25) is 0 Å². The molecule has 0 amide bonds. The average Bonchev–Trinajstić information content (AvgIpc) is 2.33. The molecule has 0 radical (unpaired) electrons. The van der Waals surface area contributed by atoms with Gasteiger partial charge < -0.3 is 5.32 Å². The van der Waals surface area contributed by atoms with Crippen molar-refractivity contribution in [3.63, 3.8) is 0 Å². The number of rotatable bonds is 0. The van der Waals surface area contributed by atoms with Crippen molar-refractivity contribution in [2.45, 2.75) is 6.04 Å². The van der Waals surface area contributed by atoms with Crippen LogP contribution in [0, 0.1) is 17.8 Å². The molecule has 3 aliphatic rings. The monoisotopic (exact) mass is 211 g/mol. The molecule has 0 spiro atoms. The van der Waals surface area contributed by atoms with E-state index in [4.69, 9.17) is 0 Å². The van der Waals surface area contributed by atoms with Crippen molar-refractivity contribution in [1.82, 2.24) is 5.32 Å². The van der Waals surface area contributed by atoms with Gasteiger partial charge in [0.25, 0.3) is 0 Å². The molecule has 2 aliphatic carbocycles. The zero-order valence-electron chi connectivity index (χ0n) is 9.29. The van der Waals surface area contributed by atoms with Gasteiger partial charge in [-0.25, -0.2) is 0 Å². The number of fused-ring (bicyclic) bond motifs is 3. The van der Waals surface area contributed by atoms with Crippen molar-refractivity contribution >= 4 is 0 Å². The Bertz CT molecular complexity index is 398. The summed E-state index contributed by atoms with van der Waals surface area (Å²) in [7, 11) is 0. The Labute approximate surface area is 96.9 Å². The highest BCUT2D eigenvalue weighted by Crippen LogP contribution is 2.33. The molecule has 1 N–H and O–H groups in total. The predicted molar refractivity (Wildman–Crippen MR) is 68.0 cm³/mol. The van der Waals surface area contributed by atoms with Gasteiger partial charge in [0.2, 0.25) is 0 Å². The molecule has 0 fully saturated rings. The summed E-state index contributed by atoms with van der Waals surface area (Å²) in [6.07, 6.45) is 22.6. The van der Waals surface area contributed by atoms with Crippen LogP contribution in [0.25, 0.3) is 0 Å². The first-order valence-electron chi connectivity index (χ1n) is 6.05. The highest BCUT2D eigenvalue weighted by atomic mass is 14.9. The SMILES string of the molecule is C1=CC2/C=C\CNC3C=CC=CC3C2C=C1. The van der Waals surface area contributed by atoms with Crippen molar-refractivity contribution < 1.29 is 0 Å². The maximum atomic E-state index is 3.57. The highest BCUT2D eigenvalue weighted by Gasteiger charge is 2.30. The molecule has 1 heteroatoms. The van der Waals surface area contributed by atoms with Crippen LogP contribution in [0.2, 0.25) is 0 Å². The van der Waals surface area contributed by atoms with Gasteiger partial charge in [-0.2, -0.15) is 0 Å². The highest BCUT2D eigenvalue weighted by molar-refractivity contribution is 5.27. The van der Waals surface area contributed by atoms with Crippen LogP contribution in [0.1, 0.15) is 0 Å². The van der Waals surface area contributed by atoms with E-state index < -0.39 is 0 Å². The van der Waals surface area contributed by atoms with Crippen LogP contribution in [0.15, 0.2) is 60.8 Å². The molecule has 0 saturated carbocycles. The minimum atomic E-state index is 0.485. The van der Waals surface area contributed by atoms with Crippen LogP contribution >= 0.6 is 0 Å². The first-order chi connectivity index (χ1) is 7.95. The zero-order chi connectivity index (χ0) is 10.8. The van der Waals surface area contributed by atoms with Crippen molar-refractivity contribution in [2.75, 3.05) is 6.54 Å². The quantitative estimate of drug-likeness (QED) is 0.607. The van der Waals surface area contributed by atoms with Crippen LogP contribution in [-0.2, 0) is 0 Å². The lowest BCUT2D eigenvalue weighted by Gasteiger charge is -2.35. The lowest BCUT2D eigenvalue weighted by Crippen LogP contribution is -2.41. The molecule has 1 heterocycles. The third-order valence-electron chi connectivity index (χ3n) is 3.67. The molecule has 1 nitrogen and oxygen atoms in total. The van der Waals surface area contributed by atoms with Crippen LogP contribution in [0.3, 0.4) is 0 Å². The summed E-state index contributed by atoms with van der Waals surface area (Å²) < 4.78 is 0. The Morgan fingerprint density at radius 3 is 2.44 bits per heavy atom. The van der Waals surface area contributed by atoms with E-state index in [9.17, 15) is 0 Å². The second kappa shape index (κ2) is 4.26. The fourth-order valence-electron chi connectivity index (χ4n) is 2.84. The van der Waals surface area contributed by atoms with Gasteiger partial charge in [0.15, 0.2) is 0 Å². The first kappa shape index (κ1) is 9.86. The van der Waals surface area contributed by atoms with Gasteiger partial charge in [0, 0.05) is 24.4 Å². The Kier molecular flexibility index (Phi) is 2.63. The van der Waals surface area contributed by atoms with E-state index in [1.54, 1.807) is 0 Å². The molecule has 4 atom stereocenters. The average molecular weight is 211 g/mol. The van der Waals surface area contributed by atoms with E-state index >= 15 is 0 Å². The Morgan fingerprint density at radius 2 is 1.50 bits per heavy atom. The van der Waals surface area contributed by atoms with Gasteiger partial charge in [0.05, 0.1) is 0 Å². The Morgan fingerprint density at radius 1 is 0.750 bits per heavy atom. The fraction of sp³-hybridized carbons (Fsp3) is 0.333. The molecule has 0 aromatic carbocycles. The lowest BCUT2D eigenvalue weighted by molar-refractivity contribution is 0.344. The van der Waals surface area contributed by atoms with Crippen LogP contribution in [0.5, 0.6) is 0 Å². The molecule has 0 aromatic heterocycles. The van der Waals surface area contributed by atoms with Gasteiger partial charge in [-0.05, 0) is 5.92 Å². The number of hydrogen-bond donors (Lipinski definition) is 1. The predicted octanol–water partition coefficient (Wildman–Crippen LogP) is 2.62. The summed E-state index contributed by atoms with van der Waals surface area (Å²) in [6, 6.07) is 0.485. The summed E-state index contributed by atoms with van der Waals surface area (Å²) >= 11 is 0. The van der Waals surface area contributed by atoms with E-state index in [1.807, 2.05) is 0 Å². The van der Waals surface area contributed by atoms with E-state index in [0.717, 1.165) is 6.54 Å². The minimum absolute atomic E-state index is 0.485. The molecular weight excluding hydrogens is 194 g/mol. The first-order valence-corrected chi connectivity index (χ1v) is 6.05. The number of hydrogen-bond acceptors (Lipinski definition) is 1. The molecule has 1 aliphatic heterocycles. The van der Waals surface area contributed by atoms with Gasteiger partial charge in [-0.15, -0.1) is 0 Å². The molecule has 82 valence electrons. The third-order valence-corrected chi connectivity index (χ3v) is 3.67. The summed E-state index contributed by atoms with van der Waals surface area (Å²) in [4.78, 5) is 0. The smallest absolute Gasteiger partial charge is 0.0324 e. The second-order valence-corrected chi connectivity index (χ2v) is 4.63. The molecular formula is C15H17N. The van der Waals surface area contributed by atoms with Crippen LogP contribution < -0.4 is 5.32 Å². The van der Waals surface area contributed by atoms with Crippen molar-refractivity contribution in [2.24, 2.45) is 17.8 Å². The molecule has 0 saturated heterocycles. The van der Waals surface area contributed by atoms with Gasteiger partial charge >= 0.3 is 0 Å². The zero-order valence-corrected chi connectivity index (χ0v) is 9.29. The summed E-state index contributed by atoms with van der Waals surface area (Å²) in [5, 5.41) is 3.57. The van der Waals surface area contributed by atoms with E-state index in [1.165, 1.54) is 0 Å². The summed E-state index contributed by atoms with van der Waals surface area (Å²) in [6.45, 7) is 0.972. The lowest BCUT2D eigenvalue weighted by atomic mass is 9.73. The largest absolute Gasteiger partial charge is 0.306 e. The van der Waals surface area contributed by atoms with E-state index in [-0.39, 0.29) is 0 Å². The Balaban J connectivity index is 1.95. The maximum absolute atomic E-state index is 3.57. The normalized spacial score (nSPS) is 42.0. The molecule has 16 heavy (non-hydrogen) atoms. The Hall–Kier alpha value is -1.34. The minimum Gasteiger partial charge on any atom is -0.306 e. The summed E-state index contributed by atoms with van der Waals surface area (Å²) in [5.74, 6) is 1.75. The van der Waals surface area contributed by atoms with Crippen LogP contribution in [-0.4, -0.2) is 12.6 Å². The maximum Gasteiger partial charge on any atom is 0.0324 e. The van der Waals surface area contributed by atoms with Crippen LogP contribution in [0.4, 0.5) is 0 Å². The van der Waals surface area contributed by atoms with Crippen molar-refractivity contribution in [1.29, 1.82) is 0 Å². The summed E-state index contributed by atoms with van der Waals surface area (Å²) in [5.41, 5.74) is 0. The molecule has 3 rings (SSSR count).